The van der Waals surface area contributed by atoms with Crippen molar-refractivity contribution in [3.8, 4) is 5.75 Å². The van der Waals surface area contributed by atoms with Crippen LogP contribution in [0.15, 0.2) is 76.4 Å². The molecule has 0 fully saturated rings. The molecule has 2 aromatic carbocycles. The van der Waals surface area contributed by atoms with Gasteiger partial charge in [-0.05, 0) is 43.0 Å². The summed E-state index contributed by atoms with van der Waals surface area (Å²) in [5, 5.41) is 5.97. The topological polar surface area (TPSA) is 80.2 Å². The maximum atomic E-state index is 12.9. The summed E-state index contributed by atoms with van der Waals surface area (Å²) in [7, 11) is 0. The van der Waals surface area contributed by atoms with Gasteiger partial charge in [-0.1, -0.05) is 53.7 Å². The van der Waals surface area contributed by atoms with Crippen molar-refractivity contribution in [1.29, 1.82) is 0 Å². The predicted octanol–water partition coefficient (Wildman–Crippen LogP) is 4.80. The van der Waals surface area contributed by atoms with Crippen molar-refractivity contribution in [2.24, 2.45) is 4.99 Å². The molecule has 2 aliphatic rings. The number of halogens is 1. The number of carbonyl (C=O) groups is 2. The predicted molar refractivity (Wildman–Crippen MR) is 133 cm³/mol. The van der Waals surface area contributed by atoms with Gasteiger partial charge in [0.15, 0.2) is 11.8 Å². The molecule has 2 heterocycles. The molecule has 0 radical (unpaired) electrons. The van der Waals surface area contributed by atoms with Gasteiger partial charge >= 0.3 is 5.97 Å². The van der Waals surface area contributed by atoms with E-state index in [1.807, 2.05) is 46.8 Å². The molecule has 2 aromatic rings. The molecule has 0 aromatic heterocycles. The molecule has 2 aliphatic heterocycles. The van der Waals surface area contributed by atoms with Gasteiger partial charge in [0, 0.05) is 23.3 Å². The minimum Gasteiger partial charge on any atom is -0.483 e. The summed E-state index contributed by atoms with van der Waals surface area (Å²) in [5.41, 5.74) is 2.61. The summed E-state index contributed by atoms with van der Waals surface area (Å²) in [6, 6.07) is 14.2. The van der Waals surface area contributed by atoms with Crippen LogP contribution in [0.4, 0.5) is 0 Å². The first-order valence-electron chi connectivity index (χ1n) is 10.8. The fourth-order valence-electron chi connectivity index (χ4n) is 3.73. The molecule has 1 atom stereocenters. The number of esters is 1. The molecule has 0 saturated carbocycles. The molecule has 9 heteroatoms. The Bertz CT molecular complexity index is 1180. The van der Waals surface area contributed by atoms with Gasteiger partial charge in [-0.15, -0.1) is 0 Å². The lowest BCUT2D eigenvalue weighted by atomic mass is 9.94. The number of ether oxygens (including phenoxy) is 2. The van der Waals surface area contributed by atoms with Crippen LogP contribution in [0.25, 0.3) is 0 Å². The second-order valence-electron chi connectivity index (χ2n) is 7.56. The third kappa shape index (κ3) is 5.29. The van der Waals surface area contributed by atoms with E-state index < -0.39 is 12.0 Å². The summed E-state index contributed by atoms with van der Waals surface area (Å²) in [6.45, 7) is 4.00. The zero-order valence-electron chi connectivity index (χ0n) is 18.8. The van der Waals surface area contributed by atoms with E-state index in [-0.39, 0.29) is 19.1 Å². The molecule has 176 valence electrons. The highest BCUT2D eigenvalue weighted by Crippen LogP contribution is 2.44. The number of rotatable bonds is 8. The Morgan fingerprint density at radius 2 is 2.00 bits per heavy atom. The molecule has 0 bridgehead atoms. The Morgan fingerprint density at radius 3 is 2.76 bits per heavy atom. The number of nitrogens with zero attached hydrogens (tertiary/aromatic N) is 2. The standard InChI is InChI=1S/C25H24ClN3O4S/c1-3-32-24(31)22-16(2)28-25-29(11-12-34-25)23(22)19-13-18(26)9-10-20(19)33-15-21(30)27-14-17-7-5-4-6-8-17/h4-13,23H,3,14-15H2,1-2H3,(H,27,30)/t23-/m0/s1. The van der Waals surface area contributed by atoms with E-state index in [1.54, 1.807) is 32.0 Å². The minimum atomic E-state index is -0.557. The monoisotopic (exact) mass is 497 g/mol. The lowest BCUT2D eigenvalue weighted by Gasteiger charge is -2.34. The molecule has 0 saturated heterocycles. The number of amides is 1. The van der Waals surface area contributed by atoms with Crippen molar-refractivity contribution < 1.29 is 19.1 Å². The number of hydrogen-bond donors (Lipinski definition) is 1. The van der Waals surface area contributed by atoms with Gasteiger partial charge in [-0.3, -0.25) is 4.79 Å². The second kappa shape index (κ2) is 10.8. The van der Waals surface area contributed by atoms with Crippen LogP contribution in [-0.2, 0) is 20.9 Å². The summed E-state index contributed by atoms with van der Waals surface area (Å²) in [4.78, 5) is 31.8. The maximum Gasteiger partial charge on any atom is 0.338 e. The molecule has 0 spiro atoms. The molecule has 0 unspecified atom stereocenters. The molecular weight excluding hydrogens is 474 g/mol. The summed E-state index contributed by atoms with van der Waals surface area (Å²) in [6.07, 6.45) is 1.86. The largest absolute Gasteiger partial charge is 0.483 e. The number of benzene rings is 2. The summed E-state index contributed by atoms with van der Waals surface area (Å²) >= 11 is 7.80. The fourth-order valence-corrected chi connectivity index (χ4v) is 4.70. The first-order chi connectivity index (χ1) is 16.5. The fraction of sp³-hybridized carbons (Fsp3) is 0.240. The average molecular weight is 498 g/mol. The zero-order chi connectivity index (χ0) is 24.1. The smallest absolute Gasteiger partial charge is 0.338 e. The van der Waals surface area contributed by atoms with E-state index in [0.29, 0.717) is 34.2 Å². The Kier molecular flexibility index (Phi) is 7.59. The zero-order valence-corrected chi connectivity index (χ0v) is 20.4. The van der Waals surface area contributed by atoms with Crippen LogP contribution in [0.5, 0.6) is 5.75 Å². The first kappa shape index (κ1) is 23.9. The van der Waals surface area contributed by atoms with Crippen molar-refractivity contribution in [1.82, 2.24) is 10.2 Å². The molecule has 4 rings (SSSR count). The Morgan fingerprint density at radius 1 is 1.21 bits per heavy atom. The first-order valence-corrected chi connectivity index (χ1v) is 12.0. The SMILES string of the molecule is CCOC(=O)C1=C(C)N=C2SC=CN2[C@H]1c1cc(Cl)ccc1OCC(=O)NCc1ccccc1. The molecule has 34 heavy (non-hydrogen) atoms. The maximum absolute atomic E-state index is 12.9. The van der Waals surface area contributed by atoms with Crippen LogP contribution >= 0.6 is 23.4 Å². The van der Waals surface area contributed by atoms with Crippen molar-refractivity contribution >= 4 is 40.4 Å². The lowest BCUT2D eigenvalue weighted by Crippen LogP contribution is -2.34. The Hall–Kier alpha value is -3.23. The van der Waals surface area contributed by atoms with Gasteiger partial charge in [-0.2, -0.15) is 0 Å². The molecule has 0 aliphatic carbocycles. The van der Waals surface area contributed by atoms with E-state index in [9.17, 15) is 9.59 Å². The number of thioether (sulfide) groups is 1. The number of allylic oxidation sites excluding steroid dienone is 1. The van der Waals surface area contributed by atoms with Crippen LogP contribution in [0, 0.1) is 0 Å². The van der Waals surface area contributed by atoms with Gasteiger partial charge in [0.05, 0.1) is 23.9 Å². The van der Waals surface area contributed by atoms with E-state index in [2.05, 4.69) is 10.3 Å². The van der Waals surface area contributed by atoms with Crippen LogP contribution < -0.4 is 10.1 Å². The summed E-state index contributed by atoms with van der Waals surface area (Å²) in [5.74, 6) is -0.264. The number of amidine groups is 1. The van der Waals surface area contributed by atoms with Gasteiger partial charge in [0.1, 0.15) is 5.75 Å². The van der Waals surface area contributed by atoms with Crippen molar-refractivity contribution in [2.75, 3.05) is 13.2 Å². The van der Waals surface area contributed by atoms with Gasteiger partial charge in [0.25, 0.3) is 5.91 Å². The van der Waals surface area contributed by atoms with Crippen LogP contribution in [-0.4, -0.2) is 35.2 Å². The normalized spacial score (nSPS) is 16.7. The average Bonchev–Trinajstić information content (AvgIpc) is 3.30. The lowest BCUT2D eigenvalue weighted by molar-refractivity contribution is -0.139. The number of carbonyl (C=O) groups excluding carboxylic acids is 2. The van der Waals surface area contributed by atoms with Gasteiger partial charge in [-0.25, -0.2) is 9.79 Å². The molecule has 1 amide bonds. The van der Waals surface area contributed by atoms with Gasteiger partial charge in [0.2, 0.25) is 0 Å². The third-order valence-corrected chi connectivity index (χ3v) is 6.28. The Balaban J connectivity index is 1.59. The third-order valence-electron chi connectivity index (χ3n) is 5.27. The van der Waals surface area contributed by atoms with Crippen LogP contribution in [0.2, 0.25) is 5.02 Å². The van der Waals surface area contributed by atoms with E-state index in [4.69, 9.17) is 21.1 Å². The Labute approximate surface area is 207 Å². The second-order valence-corrected chi connectivity index (χ2v) is 8.87. The number of nitrogens with one attached hydrogen (secondary N) is 1. The highest BCUT2D eigenvalue weighted by Gasteiger charge is 2.39. The number of aliphatic imine (C=N–C) groups is 1. The summed E-state index contributed by atoms with van der Waals surface area (Å²) < 4.78 is 11.3. The number of hydrogen-bond acceptors (Lipinski definition) is 7. The molecule has 1 N–H and O–H groups in total. The van der Waals surface area contributed by atoms with Crippen molar-refractivity contribution in [2.45, 2.75) is 26.4 Å². The van der Waals surface area contributed by atoms with Crippen molar-refractivity contribution in [3.05, 3.63) is 87.6 Å². The quantitative estimate of drug-likeness (QED) is 0.527. The highest BCUT2D eigenvalue weighted by atomic mass is 35.5. The van der Waals surface area contributed by atoms with Crippen molar-refractivity contribution in [3.63, 3.8) is 0 Å². The van der Waals surface area contributed by atoms with Gasteiger partial charge < -0.3 is 19.7 Å². The molecule has 7 nitrogen and oxygen atoms in total. The van der Waals surface area contributed by atoms with E-state index in [0.717, 1.165) is 10.7 Å². The van der Waals surface area contributed by atoms with E-state index in [1.165, 1.54) is 11.8 Å². The minimum absolute atomic E-state index is 0.183. The highest BCUT2D eigenvalue weighted by molar-refractivity contribution is 8.16. The van der Waals surface area contributed by atoms with Crippen LogP contribution in [0.3, 0.4) is 0 Å². The van der Waals surface area contributed by atoms with Crippen LogP contribution in [0.1, 0.15) is 31.0 Å². The van der Waals surface area contributed by atoms with E-state index >= 15 is 0 Å². The number of fused-ring (bicyclic) bond motifs is 1. The molecular formula is C25H24ClN3O4S.